The van der Waals surface area contributed by atoms with Crippen LogP contribution in [0.1, 0.15) is 43.9 Å². The first-order valence-electron chi connectivity index (χ1n) is 6.61. The minimum Gasteiger partial charge on any atom is -0.409 e. The van der Waals surface area contributed by atoms with E-state index in [0.29, 0.717) is 5.41 Å². The zero-order valence-electron chi connectivity index (χ0n) is 12.3. The summed E-state index contributed by atoms with van der Waals surface area (Å²) >= 11 is 0. The topological polar surface area (TPSA) is 70.6 Å². The third-order valence-electron chi connectivity index (χ3n) is 3.11. The molecule has 0 unspecified atom stereocenters. The summed E-state index contributed by atoms with van der Waals surface area (Å²) in [5.41, 5.74) is 9.06. The van der Waals surface area contributed by atoms with Crippen molar-refractivity contribution in [2.45, 2.75) is 40.7 Å². The van der Waals surface area contributed by atoms with Crippen LogP contribution in [0.3, 0.4) is 0 Å². The van der Waals surface area contributed by atoms with E-state index in [1.165, 1.54) is 5.56 Å². The summed E-state index contributed by atoms with van der Waals surface area (Å²) in [5.74, 6) is 0.148. The van der Waals surface area contributed by atoms with Gasteiger partial charge in [-0.2, -0.15) is 0 Å². The lowest BCUT2D eigenvalue weighted by Gasteiger charge is -2.18. The van der Waals surface area contributed by atoms with Gasteiger partial charge in [-0.15, -0.1) is 0 Å². The largest absolute Gasteiger partial charge is 0.409 e. The van der Waals surface area contributed by atoms with Crippen molar-refractivity contribution in [1.29, 1.82) is 0 Å². The van der Waals surface area contributed by atoms with E-state index in [-0.39, 0.29) is 5.84 Å². The molecule has 4 nitrogen and oxygen atoms in total. The number of hydrogen-bond acceptors (Lipinski definition) is 3. The van der Waals surface area contributed by atoms with Gasteiger partial charge in [0.2, 0.25) is 0 Å². The third kappa shape index (κ3) is 5.30. The van der Waals surface area contributed by atoms with E-state index in [2.05, 4.69) is 31.2 Å². The Bertz CT molecular complexity index is 447. The number of nitrogens with one attached hydrogen (secondary N) is 1. The number of rotatable bonds is 5. The first-order valence-corrected chi connectivity index (χ1v) is 6.61. The maximum atomic E-state index is 8.65. The highest BCUT2D eigenvalue weighted by Crippen LogP contribution is 2.17. The molecule has 0 fully saturated rings. The van der Waals surface area contributed by atoms with Gasteiger partial charge in [-0.1, -0.05) is 38.1 Å². The summed E-state index contributed by atoms with van der Waals surface area (Å²) in [6, 6.07) is 5.84. The zero-order valence-corrected chi connectivity index (χ0v) is 12.3. The van der Waals surface area contributed by atoms with Gasteiger partial charge in [0.25, 0.3) is 0 Å². The van der Waals surface area contributed by atoms with Crippen molar-refractivity contribution >= 4 is 5.84 Å². The fourth-order valence-electron chi connectivity index (χ4n) is 1.80. The van der Waals surface area contributed by atoms with Crippen molar-refractivity contribution < 1.29 is 5.21 Å². The van der Waals surface area contributed by atoms with Crippen LogP contribution >= 0.6 is 0 Å². The second-order valence-electron chi connectivity index (χ2n) is 6.11. The van der Waals surface area contributed by atoms with Crippen molar-refractivity contribution in [3.8, 4) is 0 Å². The fourth-order valence-corrected chi connectivity index (χ4v) is 1.80. The average molecular weight is 263 g/mol. The molecule has 0 aliphatic rings. The third-order valence-corrected chi connectivity index (χ3v) is 3.11. The van der Waals surface area contributed by atoms with E-state index in [1.54, 1.807) is 0 Å². The van der Waals surface area contributed by atoms with Crippen LogP contribution < -0.4 is 11.1 Å². The van der Waals surface area contributed by atoms with Gasteiger partial charge in [0.05, 0.1) is 0 Å². The highest BCUT2D eigenvalue weighted by atomic mass is 16.4. The molecule has 0 aliphatic heterocycles. The zero-order chi connectivity index (χ0) is 14.5. The molecule has 4 heteroatoms. The molecule has 4 N–H and O–H groups in total. The van der Waals surface area contributed by atoms with E-state index in [4.69, 9.17) is 10.9 Å². The number of nitrogens with zero attached hydrogens (tertiary/aromatic N) is 1. The minimum absolute atomic E-state index is 0.148. The summed E-state index contributed by atoms with van der Waals surface area (Å²) in [4.78, 5) is 0. The van der Waals surface area contributed by atoms with Crippen LogP contribution in [0, 0.1) is 12.3 Å². The quantitative estimate of drug-likeness (QED) is 0.251. The Morgan fingerprint density at radius 2 is 2.05 bits per heavy atom. The van der Waals surface area contributed by atoms with Crippen molar-refractivity contribution in [2.75, 3.05) is 6.54 Å². The van der Waals surface area contributed by atoms with Gasteiger partial charge in [0, 0.05) is 12.1 Å². The van der Waals surface area contributed by atoms with Crippen LogP contribution in [0.4, 0.5) is 0 Å². The molecule has 0 aliphatic carbocycles. The number of benzene rings is 1. The highest BCUT2D eigenvalue weighted by Gasteiger charge is 2.09. The van der Waals surface area contributed by atoms with Crippen molar-refractivity contribution in [3.05, 3.63) is 34.9 Å². The normalized spacial score (nSPS) is 12.7. The molecule has 106 valence electrons. The maximum Gasteiger partial charge on any atom is 0.170 e. The molecular formula is C15H25N3O. The number of aryl methyl sites for hydroxylation is 1. The number of hydrogen-bond donors (Lipinski definition) is 3. The number of amidine groups is 1. The predicted octanol–water partition coefficient (Wildman–Crippen LogP) is 2.62. The van der Waals surface area contributed by atoms with Crippen molar-refractivity contribution in [3.63, 3.8) is 0 Å². The molecule has 0 heterocycles. The van der Waals surface area contributed by atoms with Gasteiger partial charge in [-0.25, -0.2) is 0 Å². The molecule has 0 aromatic heterocycles. The monoisotopic (exact) mass is 263 g/mol. The summed E-state index contributed by atoms with van der Waals surface area (Å²) in [7, 11) is 0. The van der Waals surface area contributed by atoms with E-state index in [0.717, 1.165) is 30.6 Å². The Morgan fingerprint density at radius 3 is 2.58 bits per heavy atom. The SMILES string of the molecule is Cc1cc(/C(N)=N/O)ccc1CNCCC(C)(C)C. The first kappa shape index (κ1) is 15.5. The van der Waals surface area contributed by atoms with E-state index < -0.39 is 0 Å². The van der Waals surface area contributed by atoms with E-state index in [1.807, 2.05) is 25.1 Å². The lowest BCUT2D eigenvalue weighted by molar-refractivity contribution is 0.318. The van der Waals surface area contributed by atoms with Crippen molar-refractivity contribution in [2.24, 2.45) is 16.3 Å². The Labute approximate surface area is 115 Å². The molecule has 0 spiro atoms. The van der Waals surface area contributed by atoms with Gasteiger partial charge < -0.3 is 16.3 Å². The van der Waals surface area contributed by atoms with Crippen LogP contribution in [0.25, 0.3) is 0 Å². The van der Waals surface area contributed by atoms with Gasteiger partial charge in [-0.3, -0.25) is 0 Å². The van der Waals surface area contributed by atoms with Crippen LogP contribution in [0.15, 0.2) is 23.4 Å². The van der Waals surface area contributed by atoms with Gasteiger partial charge in [0.15, 0.2) is 5.84 Å². The standard InChI is InChI=1S/C15H25N3O/c1-11-9-12(14(16)18-19)5-6-13(11)10-17-8-7-15(2,3)4/h5-6,9,17,19H,7-8,10H2,1-4H3,(H2,16,18). The van der Waals surface area contributed by atoms with E-state index >= 15 is 0 Å². The number of oxime groups is 1. The average Bonchev–Trinajstić information content (AvgIpc) is 2.33. The highest BCUT2D eigenvalue weighted by molar-refractivity contribution is 5.97. The van der Waals surface area contributed by atoms with Crippen LogP contribution in [-0.4, -0.2) is 17.6 Å². The Balaban J connectivity index is 2.56. The van der Waals surface area contributed by atoms with Crippen LogP contribution in [0.5, 0.6) is 0 Å². The predicted molar refractivity (Wildman–Crippen MR) is 79.5 cm³/mol. The first-order chi connectivity index (χ1) is 8.83. The number of nitrogens with two attached hydrogens (primary N) is 1. The smallest absolute Gasteiger partial charge is 0.170 e. The summed E-state index contributed by atoms with van der Waals surface area (Å²) in [5, 5.41) is 15.1. The maximum absolute atomic E-state index is 8.65. The van der Waals surface area contributed by atoms with Gasteiger partial charge >= 0.3 is 0 Å². The molecule has 1 aromatic rings. The molecule has 1 aromatic carbocycles. The van der Waals surface area contributed by atoms with E-state index in [9.17, 15) is 0 Å². The molecule has 0 bridgehead atoms. The molecular weight excluding hydrogens is 238 g/mol. The molecule has 0 saturated carbocycles. The summed E-state index contributed by atoms with van der Waals surface area (Å²) in [6.07, 6.45) is 1.15. The van der Waals surface area contributed by atoms with Gasteiger partial charge in [-0.05, 0) is 42.5 Å². The molecule has 0 amide bonds. The van der Waals surface area contributed by atoms with Crippen LogP contribution in [-0.2, 0) is 6.54 Å². The Morgan fingerprint density at radius 1 is 1.37 bits per heavy atom. The minimum atomic E-state index is 0.148. The van der Waals surface area contributed by atoms with Gasteiger partial charge in [0.1, 0.15) is 0 Å². The van der Waals surface area contributed by atoms with Crippen LogP contribution in [0.2, 0.25) is 0 Å². The molecule has 0 radical (unpaired) electrons. The molecule has 0 saturated heterocycles. The second kappa shape index (κ2) is 6.57. The Kier molecular flexibility index (Phi) is 5.36. The lowest BCUT2D eigenvalue weighted by Crippen LogP contribution is -2.21. The summed E-state index contributed by atoms with van der Waals surface area (Å²) in [6.45, 7) is 10.6. The molecule has 0 atom stereocenters. The van der Waals surface area contributed by atoms with Crippen molar-refractivity contribution in [1.82, 2.24) is 5.32 Å². The fraction of sp³-hybridized carbons (Fsp3) is 0.533. The molecule has 19 heavy (non-hydrogen) atoms. The second-order valence-corrected chi connectivity index (χ2v) is 6.11. The lowest BCUT2D eigenvalue weighted by atomic mass is 9.92. The Hall–Kier alpha value is -1.55. The molecule has 1 rings (SSSR count). The summed E-state index contributed by atoms with van der Waals surface area (Å²) < 4.78 is 0.